The van der Waals surface area contributed by atoms with Crippen LogP contribution in [0.15, 0.2) is 80.5 Å². The zero-order chi connectivity index (χ0) is 29.1. The van der Waals surface area contributed by atoms with Gasteiger partial charge >= 0.3 is 0 Å². The Bertz CT molecular complexity index is 1920. The SMILES string of the molecule is CN(C)C(=O)c1ccc(-c2nnc(C(F)(C3Cc4[nH]c5ccc(Cl)cc5c4C3)S(=O)(=O)c3cccc(Br)c3)o2)cc1. The molecule has 41 heavy (non-hydrogen) atoms. The van der Waals surface area contributed by atoms with Gasteiger partial charge in [0.15, 0.2) is 0 Å². The summed E-state index contributed by atoms with van der Waals surface area (Å²) < 4.78 is 52.2. The third-order valence-corrected chi connectivity index (χ3v) is 10.3. The number of carbonyl (C=O) groups excluding carboxylic acids is 1. The van der Waals surface area contributed by atoms with Crippen LogP contribution in [0.3, 0.4) is 0 Å². The lowest BCUT2D eigenvalue weighted by molar-refractivity contribution is 0.0827. The predicted molar refractivity (Wildman–Crippen MR) is 156 cm³/mol. The number of nitrogens with zero attached hydrogens (tertiary/aromatic N) is 3. The molecule has 1 aliphatic carbocycles. The number of carbonyl (C=O) groups is 1. The third-order valence-electron chi connectivity index (χ3n) is 7.38. The van der Waals surface area contributed by atoms with Crippen LogP contribution in [-0.4, -0.2) is 48.5 Å². The molecular weight excluding hydrogens is 635 g/mol. The molecule has 1 aliphatic rings. The first-order valence-corrected chi connectivity index (χ1v) is 15.3. The topological polar surface area (TPSA) is 109 Å². The van der Waals surface area contributed by atoms with Crippen LogP contribution in [0.4, 0.5) is 4.39 Å². The van der Waals surface area contributed by atoms with Gasteiger partial charge < -0.3 is 14.3 Å². The molecule has 2 atom stereocenters. The fourth-order valence-electron chi connectivity index (χ4n) is 5.32. The fraction of sp³-hybridized carbons (Fsp3) is 0.207. The molecule has 2 heterocycles. The van der Waals surface area contributed by atoms with Crippen LogP contribution in [0.2, 0.25) is 5.02 Å². The second-order valence-corrected chi connectivity index (χ2v) is 13.6. The van der Waals surface area contributed by atoms with Crippen molar-refractivity contribution < 1.29 is 22.0 Å². The first-order valence-electron chi connectivity index (χ1n) is 12.6. The third kappa shape index (κ3) is 4.56. The highest BCUT2D eigenvalue weighted by Crippen LogP contribution is 2.50. The van der Waals surface area contributed by atoms with Crippen molar-refractivity contribution in [3.05, 3.63) is 98.9 Å². The second kappa shape index (κ2) is 10.1. The van der Waals surface area contributed by atoms with E-state index in [1.807, 2.05) is 6.07 Å². The monoisotopic (exact) mass is 656 g/mol. The summed E-state index contributed by atoms with van der Waals surface area (Å²) in [7, 11) is -1.41. The van der Waals surface area contributed by atoms with Crippen molar-refractivity contribution in [2.45, 2.75) is 22.7 Å². The van der Waals surface area contributed by atoms with E-state index in [4.69, 9.17) is 16.0 Å². The van der Waals surface area contributed by atoms with E-state index in [1.165, 1.54) is 23.1 Å². The van der Waals surface area contributed by atoms with Gasteiger partial charge in [-0.15, -0.1) is 10.2 Å². The summed E-state index contributed by atoms with van der Waals surface area (Å²) in [4.78, 5) is 16.8. The van der Waals surface area contributed by atoms with Crippen LogP contribution in [0, 0.1) is 5.92 Å². The fourth-order valence-corrected chi connectivity index (χ4v) is 7.84. The van der Waals surface area contributed by atoms with E-state index < -0.39 is 26.6 Å². The first kappa shape index (κ1) is 27.6. The second-order valence-electron chi connectivity index (χ2n) is 10.2. The van der Waals surface area contributed by atoms with Crippen molar-refractivity contribution in [3.63, 3.8) is 0 Å². The molecule has 6 rings (SSSR count). The quantitative estimate of drug-likeness (QED) is 0.228. The van der Waals surface area contributed by atoms with Crippen LogP contribution in [-0.2, 0) is 27.7 Å². The van der Waals surface area contributed by atoms with E-state index in [0.29, 0.717) is 20.6 Å². The van der Waals surface area contributed by atoms with Crippen LogP contribution in [0.5, 0.6) is 0 Å². The number of nitrogens with one attached hydrogen (secondary N) is 1. The number of hydrogen-bond donors (Lipinski definition) is 1. The Balaban J connectivity index is 1.44. The van der Waals surface area contributed by atoms with Gasteiger partial charge in [-0.05, 0) is 79.1 Å². The molecule has 12 heteroatoms. The maximum absolute atomic E-state index is 17.6. The number of aromatic amines is 1. The molecule has 2 aromatic heterocycles. The number of rotatable bonds is 6. The largest absolute Gasteiger partial charge is 0.416 e. The van der Waals surface area contributed by atoms with Gasteiger partial charge in [0.1, 0.15) is 0 Å². The lowest BCUT2D eigenvalue weighted by atomic mass is 9.98. The highest BCUT2D eigenvalue weighted by Gasteiger charge is 2.59. The lowest BCUT2D eigenvalue weighted by Crippen LogP contribution is -2.40. The Hall–Kier alpha value is -3.54. The average Bonchev–Trinajstić information content (AvgIpc) is 3.68. The number of benzene rings is 3. The van der Waals surface area contributed by atoms with Crippen molar-refractivity contribution in [1.29, 1.82) is 0 Å². The molecule has 0 aliphatic heterocycles. The summed E-state index contributed by atoms with van der Waals surface area (Å²) in [5.74, 6) is -1.98. The van der Waals surface area contributed by atoms with Gasteiger partial charge in [0.2, 0.25) is 15.7 Å². The average molecular weight is 658 g/mol. The Morgan fingerprint density at radius 2 is 1.85 bits per heavy atom. The molecule has 8 nitrogen and oxygen atoms in total. The van der Waals surface area contributed by atoms with E-state index in [1.54, 1.807) is 56.6 Å². The zero-order valence-electron chi connectivity index (χ0n) is 21.9. The first-order chi connectivity index (χ1) is 19.5. The molecule has 1 amide bonds. The van der Waals surface area contributed by atoms with Crippen LogP contribution >= 0.6 is 27.5 Å². The minimum atomic E-state index is -4.70. The highest BCUT2D eigenvalue weighted by molar-refractivity contribution is 9.10. The van der Waals surface area contributed by atoms with Gasteiger partial charge in [-0.1, -0.05) is 33.6 Å². The van der Waals surface area contributed by atoms with Gasteiger partial charge in [0.25, 0.3) is 16.8 Å². The Morgan fingerprint density at radius 1 is 1.10 bits per heavy atom. The van der Waals surface area contributed by atoms with Gasteiger partial charge in [0.05, 0.1) is 4.90 Å². The van der Waals surface area contributed by atoms with Crippen LogP contribution < -0.4 is 0 Å². The molecule has 0 saturated carbocycles. The van der Waals surface area contributed by atoms with Gasteiger partial charge in [-0.3, -0.25) is 4.79 Å². The Kier molecular flexibility index (Phi) is 6.79. The summed E-state index contributed by atoms with van der Waals surface area (Å²) in [6, 6.07) is 17.6. The number of fused-ring (bicyclic) bond motifs is 3. The zero-order valence-corrected chi connectivity index (χ0v) is 25.0. The molecule has 0 bridgehead atoms. The standard InChI is InChI=1S/C29H23BrClFN4O4S/c1-36(2)27(37)17-8-6-16(7-9-17)26-34-35-28(40-26)29(32,41(38,39)21-5-3-4-19(30)14-21)18-12-22-23-15-20(31)10-11-24(23)33-25(22)13-18/h3-11,14-15,18,33H,12-13H2,1-2H3. The summed E-state index contributed by atoms with van der Waals surface area (Å²) in [5.41, 5.74) is 3.24. The van der Waals surface area contributed by atoms with Crippen molar-refractivity contribution in [3.8, 4) is 11.5 Å². The molecule has 0 radical (unpaired) electrons. The maximum Gasteiger partial charge on any atom is 0.294 e. The number of amides is 1. The molecule has 3 aromatic carbocycles. The van der Waals surface area contributed by atoms with E-state index in [-0.39, 0.29) is 29.5 Å². The molecule has 2 unspecified atom stereocenters. The summed E-state index contributed by atoms with van der Waals surface area (Å²) >= 11 is 9.52. The molecule has 210 valence electrons. The van der Waals surface area contributed by atoms with Gasteiger partial charge in [-0.25, -0.2) is 12.8 Å². The molecule has 0 saturated heterocycles. The Labute approximate surface area is 248 Å². The molecular formula is C29H23BrClFN4O4S. The maximum atomic E-state index is 17.6. The van der Waals surface area contributed by atoms with Gasteiger partial charge in [-0.2, -0.15) is 0 Å². The summed E-state index contributed by atoms with van der Waals surface area (Å²) in [6.07, 6.45) is 0.211. The lowest BCUT2D eigenvalue weighted by Gasteiger charge is -2.28. The number of halogens is 3. The van der Waals surface area contributed by atoms with Crippen LogP contribution in [0.25, 0.3) is 22.4 Å². The molecule has 1 N–H and O–H groups in total. The van der Waals surface area contributed by atoms with Crippen molar-refractivity contribution in [2.75, 3.05) is 14.1 Å². The molecule has 0 spiro atoms. The molecule has 0 fully saturated rings. The van der Waals surface area contributed by atoms with Crippen molar-refractivity contribution >= 4 is 54.2 Å². The van der Waals surface area contributed by atoms with Crippen LogP contribution in [0.1, 0.15) is 27.5 Å². The number of alkyl halides is 1. The Morgan fingerprint density at radius 3 is 2.56 bits per heavy atom. The number of hydrogen-bond acceptors (Lipinski definition) is 6. The molecule has 5 aromatic rings. The summed E-state index contributed by atoms with van der Waals surface area (Å²) in [5, 5.41) is 6.24. The van der Waals surface area contributed by atoms with E-state index in [9.17, 15) is 13.2 Å². The number of sulfone groups is 1. The smallest absolute Gasteiger partial charge is 0.294 e. The minimum absolute atomic E-state index is 0.0657. The predicted octanol–water partition coefficient (Wildman–Crippen LogP) is 6.35. The number of aromatic nitrogens is 3. The van der Waals surface area contributed by atoms with Crippen molar-refractivity contribution in [2.24, 2.45) is 5.92 Å². The highest BCUT2D eigenvalue weighted by atomic mass is 79.9. The van der Waals surface area contributed by atoms with E-state index >= 15 is 4.39 Å². The van der Waals surface area contributed by atoms with E-state index in [2.05, 4.69) is 31.1 Å². The normalized spacial score (nSPS) is 16.5. The van der Waals surface area contributed by atoms with Crippen molar-refractivity contribution in [1.82, 2.24) is 20.1 Å². The van der Waals surface area contributed by atoms with E-state index in [0.717, 1.165) is 22.2 Å². The minimum Gasteiger partial charge on any atom is -0.416 e. The summed E-state index contributed by atoms with van der Waals surface area (Å²) in [6.45, 7) is 0. The number of H-pyrrole nitrogens is 1. The van der Waals surface area contributed by atoms with Gasteiger partial charge in [0, 0.05) is 57.2 Å².